The van der Waals surface area contributed by atoms with Crippen LogP contribution in [0, 0.1) is 0 Å². The number of carbonyl (C=O) groups excluding carboxylic acids is 1. The van der Waals surface area contributed by atoms with Crippen LogP contribution in [0.3, 0.4) is 0 Å². The van der Waals surface area contributed by atoms with Crippen LogP contribution in [0.15, 0.2) is 0 Å². The minimum atomic E-state index is 0.132. The summed E-state index contributed by atoms with van der Waals surface area (Å²) < 4.78 is 0. The zero-order chi connectivity index (χ0) is 20.5. The molecule has 0 radical (unpaired) electrons. The number of amides is 1. The average molecular weight is 398 g/mol. The van der Waals surface area contributed by atoms with Gasteiger partial charge in [0.05, 0.1) is 0 Å². The van der Waals surface area contributed by atoms with E-state index in [-0.39, 0.29) is 5.91 Å². The van der Waals surface area contributed by atoms with Crippen LogP contribution in [0.25, 0.3) is 0 Å². The van der Waals surface area contributed by atoms with Gasteiger partial charge in [-0.15, -0.1) is 0 Å². The zero-order valence-corrected chi connectivity index (χ0v) is 19.0. The van der Waals surface area contributed by atoms with E-state index in [1.165, 1.54) is 103 Å². The Hall–Kier alpha value is -0.610. The standard InChI is InChI=1S/C24H51N3O/c1-2-3-4-5-6-7-8-9-10-11-12-13-14-15-16-17-21-26-23-19-24(28)27-22-18-20-25/h26H,2-23,25H2,1H3,(H,27,28). The number of unbranched alkanes of at least 4 members (excludes halogenated alkanes) is 15. The number of nitrogens with two attached hydrogens (primary N) is 1. The molecule has 4 N–H and O–H groups in total. The van der Waals surface area contributed by atoms with Crippen molar-refractivity contribution in [1.29, 1.82) is 0 Å². The molecule has 0 fully saturated rings. The van der Waals surface area contributed by atoms with Gasteiger partial charge in [0.15, 0.2) is 0 Å². The van der Waals surface area contributed by atoms with Crippen LogP contribution >= 0.6 is 0 Å². The summed E-state index contributed by atoms with van der Waals surface area (Å²) in [4.78, 5) is 11.5. The summed E-state index contributed by atoms with van der Waals surface area (Å²) in [5.74, 6) is 0.132. The highest BCUT2D eigenvalue weighted by atomic mass is 16.1. The van der Waals surface area contributed by atoms with E-state index in [1.54, 1.807) is 0 Å². The van der Waals surface area contributed by atoms with Crippen molar-refractivity contribution < 1.29 is 4.79 Å². The Morgan fingerprint density at radius 2 is 1.07 bits per heavy atom. The third kappa shape index (κ3) is 23.4. The fraction of sp³-hybridized carbons (Fsp3) is 0.958. The van der Waals surface area contributed by atoms with Crippen molar-refractivity contribution in [3.8, 4) is 0 Å². The van der Waals surface area contributed by atoms with E-state index >= 15 is 0 Å². The molecule has 0 aromatic heterocycles. The van der Waals surface area contributed by atoms with Crippen molar-refractivity contribution in [1.82, 2.24) is 10.6 Å². The van der Waals surface area contributed by atoms with E-state index in [2.05, 4.69) is 17.6 Å². The molecular weight excluding hydrogens is 346 g/mol. The molecule has 0 saturated heterocycles. The van der Waals surface area contributed by atoms with Gasteiger partial charge in [0.25, 0.3) is 0 Å². The van der Waals surface area contributed by atoms with Crippen LogP contribution in [0.4, 0.5) is 0 Å². The molecule has 0 rings (SSSR count). The van der Waals surface area contributed by atoms with Crippen molar-refractivity contribution in [3.63, 3.8) is 0 Å². The summed E-state index contributed by atoms with van der Waals surface area (Å²) in [5.41, 5.74) is 5.40. The van der Waals surface area contributed by atoms with Gasteiger partial charge in [-0.05, 0) is 25.9 Å². The second kappa shape index (κ2) is 24.4. The predicted molar refractivity (Wildman–Crippen MR) is 124 cm³/mol. The monoisotopic (exact) mass is 397 g/mol. The SMILES string of the molecule is CCCCCCCCCCCCCCCCCCNCCC(=O)NCCCN. The summed E-state index contributed by atoms with van der Waals surface area (Å²) in [5, 5.41) is 6.25. The van der Waals surface area contributed by atoms with Gasteiger partial charge in [-0.25, -0.2) is 0 Å². The Balaban J connectivity index is 3.06. The summed E-state index contributed by atoms with van der Waals surface area (Å²) in [6.45, 7) is 5.45. The molecule has 4 heteroatoms. The zero-order valence-electron chi connectivity index (χ0n) is 19.0. The van der Waals surface area contributed by atoms with Gasteiger partial charge in [-0.1, -0.05) is 103 Å². The van der Waals surface area contributed by atoms with Gasteiger partial charge in [0, 0.05) is 19.5 Å². The van der Waals surface area contributed by atoms with Crippen molar-refractivity contribution in [3.05, 3.63) is 0 Å². The van der Waals surface area contributed by atoms with Crippen LogP contribution in [0.2, 0.25) is 0 Å². The Morgan fingerprint density at radius 1 is 0.607 bits per heavy atom. The lowest BCUT2D eigenvalue weighted by molar-refractivity contribution is -0.120. The van der Waals surface area contributed by atoms with Crippen LogP contribution in [-0.2, 0) is 4.79 Å². The van der Waals surface area contributed by atoms with Crippen LogP contribution in [-0.4, -0.2) is 32.1 Å². The van der Waals surface area contributed by atoms with E-state index in [4.69, 9.17) is 5.73 Å². The second-order valence-electron chi connectivity index (χ2n) is 8.30. The van der Waals surface area contributed by atoms with Crippen molar-refractivity contribution in [2.75, 3.05) is 26.2 Å². The molecule has 0 aliphatic rings. The predicted octanol–water partition coefficient (Wildman–Crippen LogP) is 5.69. The Bertz CT molecular complexity index is 310. The minimum absolute atomic E-state index is 0.132. The third-order valence-corrected chi connectivity index (χ3v) is 5.44. The summed E-state index contributed by atoms with van der Waals surface area (Å²) in [7, 11) is 0. The molecule has 0 aromatic carbocycles. The second-order valence-corrected chi connectivity index (χ2v) is 8.30. The number of rotatable bonds is 23. The van der Waals surface area contributed by atoms with Crippen molar-refractivity contribution >= 4 is 5.91 Å². The summed E-state index contributed by atoms with van der Waals surface area (Å²) in [6.07, 6.45) is 23.9. The van der Waals surface area contributed by atoms with Gasteiger partial charge in [-0.2, -0.15) is 0 Å². The largest absolute Gasteiger partial charge is 0.356 e. The Labute approximate surface area is 176 Å². The fourth-order valence-electron chi connectivity index (χ4n) is 3.54. The van der Waals surface area contributed by atoms with Gasteiger partial charge in [0.1, 0.15) is 0 Å². The highest BCUT2D eigenvalue weighted by Gasteiger charge is 1.99. The Morgan fingerprint density at radius 3 is 1.54 bits per heavy atom. The van der Waals surface area contributed by atoms with Gasteiger partial charge >= 0.3 is 0 Å². The molecule has 28 heavy (non-hydrogen) atoms. The molecule has 0 aromatic rings. The molecule has 0 heterocycles. The van der Waals surface area contributed by atoms with Crippen molar-refractivity contribution in [2.24, 2.45) is 5.73 Å². The first-order valence-corrected chi connectivity index (χ1v) is 12.5. The van der Waals surface area contributed by atoms with Gasteiger partial charge in [-0.3, -0.25) is 4.79 Å². The average Bonchev–Trinajstić information content (AvgIpc) is 2.70. The minimum Gasteiger partial charge on any atom is -0.356 e. The first-order valence-electron chi connectivity index (χ1n) is 12.5. The maximum absolute atomic E-state index is 11.5. The molecule has 4 nitrogen and oxygen atoms in total. The van der Waals surface area contributed by atoms with E-state index < -0.39 is 0 Å². The van der Waals surface area contributed by atoms with Gasteiger partial charge in [0.2, 0.25) is 5.91 Å². The van der Waals surface area contributed by atoms with Gasteiger partial charge < -0.3 is 16.4 Å². The lowest BCUT2D eigenvalue weighted by Gasteiger charge is -2.06. The number of hydrogen-bond acceptors (Lipinski definition) is 3. The summed E-state index contributed by atoms with van der Waals surface area (Å²) in [6, 6.07) is 0. The number of hydrogen-bond donors (Lipinski definition) is 3. The molecule has 0 unspecified atom stereocenters. The Kier molecular flexibility index (Phi) is 23.9. The highest BCUT2D eigenvalue weighted by Crippen LogP contribution is 2.13. The maximum atomic E-state index is 11.5. The molecule has 168 valence electrons. The maximum Gasteiger partial charge on any atom is 0.221 e. The lowest BCUT2D eigenvalue weighted by atomic mass is 10.0. The van der Waals surface area contributed by atoms with E-state index in [0.717, 1.165) is 19.5 Å². The fourth-order valence-corrected chi connectivity index (χ4v) is 3.54. The summed E-state index contributed by atoms with van der Waals surface area (Å²) >= 11 is 0. The van der Waals surface area contributed by atoms with Crippen LogP contribution in [0.5, 0.6) is 0 Å². The van der Waals surface area contributed by atoms with E-state index in [1.807, 2.05) is 0 Å². The van der Waals surface area contributed by atoms with E-state index in [0.29, 0.717) is 19.5 Å². The highest BCUT2D eigenvalue weighted by molar-refractivity contribution is 5.75. The molecule has 0 aliphatic carbocycles. The van der Waals surface area contributed by atoms with Crippen LogP contribution < -0.4 is 16.4 Å². The molecule has 0 bridgehead atoms. The third-order valence-electron chi connectivity index (χ3n) is 5.44. The molecule has 0 spiro atoms. The molecule has 0 saturated carbocycles. The first kappa shape index (κ1) is 27.4. The number of nitrogens with one attached hydrogen (secondary N) is 2. The van der Waals surface area contributed by atoms with E-state index in [9.17, 15) is 4.79 Å². The normalized spacial score (nSPS) is 11.1. The lowest BCUT2D eigenvalue weighted by Crippen LogP contribution is -2.29. The molecule has 1 amide bonds. The number of carbonyl (C=O) groups is 1. The molecular formula is C24H51N3O. The van der Waals surface area contributed by atoms with Crippen LogP contribution in [0.1, 0.15) is 122 Å². The quantitative estimate of drug-likeness (QED) is 0.194. The van der Waals surface area contributed by atoms with Crippen molar-refractivity contribution in [2.45, 2.75) is 122 Å². The molecule has 0 aliphatic heterocycles. The molecule has 0 atom stereocenters. The topological polar surface area (TPSA) is 67.2 Å². The first-order chi connectivity index (χ1) is 13.8. The smallest absolute Gasteiger partial charge is 0.221 e.